The number of hydrogen-bond donors (Lipinski definition) is 4. The summed E-state index contributed by atoms with van der Waals surface area (Å²) in [6, 6.07) is 3.45. The lowest BCUT2D eigenvalue weighted by atomic mass is 10.2. The molecule has 1 aromatic rings. The standard InChI is InChI=1S/C12H16N2O5S/c15-8(12(18)19)3-5-13-10(16)4-6-14-11(17)9-2-1-7-20-9/h1-2,7-8,15H,3-6H2,(H,13,16)(H,14,17)(H,18,19). The lowest BCUT2D eigenvalue weighted by Crippen LogP contribution is -2.33. The van der Waals surface area contributed by atoms with Crippen LogP contribution >= 0.6 is 11.3 Å². The number of carboxylic acid groups (broad SMARTS) is 1. The van der Waals surface area contributed by atoms with E-state index in [9.17, 15) is 14.4 Å². The largest absolute Gasteiger partial charge is 0.479 e. The summed E-state index contributed by atoms with van der Waals surface area (Å²) in [7, 11) is 0. The molecule has 0 saturated heterocycles. The van der Waals surface area contributed by atoms with Crippen molar-refractivity contribution >= 4 is 29.1 Å². The summed E-state index contributed by atoms with van der Waals surface area (Å²) in [5, 5.41) is 24.3. The lowest BCUT2D eigenvalue weighted by molar-refractivity contribution is -0.147. The smallest absolute Gasteiger partial charge is 0.332 e. The molecule has 0 spiro atoms. The fourth-order valence-electron chi connectivity index (χ4n) is 1.34. The third-order valence-electron chi connectivity index (χ3n) is 2.41. The zero-order valence-electron chi connectivity index (χ0n) is 10.7. The van der Waals surface area contributed by atoms with E-state index in [2.05, 4.69) is 10.6 Å². The molecule has 0 aliphatic carbocycles. The number of thiophene rings is 1. The van der Waals surface area contributed by atoms with E-state index in [1.807, 2.05) is 0 Å². The Labute approximate surface area is 119 Å². The minimum absolute atomic E-state index is 0.0529. The van der Waals surface area contributed by atoms with Crippen LogP contribution in [0.25, 0.3) is 0 Å². The average Bonchev–Trinajstić information content (AvgIpc) is 2.92. The first-order valence-electron chi connectivity index (χ1n) is 6.00. The minimum Gasteiger partial charge on any atom is -0.479 e. The number of carbonyl (C=O) groups is 3. The van der Waals surface area contributed by atoms with E-state index in [1.165, 1.54) is 11.3 Å². The molecule has 0 aromatic carbocycles. The maximum absolute atomic E-state index is 11.5. The highest BCUT2D eigenvalue weighted by atomic mass is 32.1. The predicted molar refractivity (Wildman–Crippen MR) is 72.5 cm³/mol. The molecule has 110 valence electrons. The van der Waals surface area contributed by atoms with Crippen molar-refractivity contribution < 1.29 is 24.6 Å². The van der Waals surface area contributed by atoms with Crippen LogP contribution in [0.5, 0.6) is 0 Å². The van der Waals surface area contributed by atoms with E-state index >= 15 is 0 Å². The van der Waals surface area contributed by atoms with E-state index < -0.39 is 12.1 Å². The second-order valence-electron chi connectivity index (χ2n) is 3.98. The van der Waals surface area contributed by atoms with Gasteiger partial charge in [0.15, 0.2) is 6.10 Å². The van der Waals surface area contributed by atoms with Crippen molar-refractivity contribution in [3.05, 3.63) is 22.4 Å². The number of aliphatic hydroxyl groups is 1. The van der Waals surface area contributed by atoms with Gasteiger partial charge in [0.2, 0.25) is 5.91 Å². The number of carbonyl (C=O) groups excluding carboxylic acids is 2. The summed E-state index contributed by atoms with van der Waals surface area (Å²) in [6.07, 6.45) is -1.43. The summed E-state index contributed by atoms with van der Waals surface area (Å²) in [6.45, 7) is 0.273. The summed E-state index contributed by atoms with van der Waals surface area (Å²) in [5.74, 6) is -1.86. The molecule has 0 aliphatic heterocycles. The van der Waals surface area contributed by atoms with E-state index in [0.29, 0.717) is 4.88 Å². The van der Waals surface area contributed by atoms with Crippen molar-refractivity contribution in [2.45, 2.75) is 18.9 Å². The second kappa shape index (κ2) is 8.28. The molecule has 0 fully saturated rings. The number of rotatable bonds is 8. The highest BCUT2D eigenvalue weighted by molar-refractivity contribution is 7.12. The molecule has 1 atom stereocenters. The van der Waals surface area contributed by atoms with Gasteiger partial charge in [0.1, 0.15) is 0 Å². The van der Waals surface area contributed by atoms with Crippen LogP contribution in [0.2, 0.25) is 0 Å². The Morgan fingerprint density at radius 1 is 1.25 bits per heavy atom. The van der Waals surface area contributed by atoms with Gasteiger partial charge in [0.25, 0.3) is 5.91 Å². The van der Waals surface area contributed by atoms with Crippen LogP contribution in [0.15, 0.2) is 17.5 Å². The quantitative estimate of drug-likeness (QED) is 0.531. The maximum atomic E-state index is 11.5. The van der Waals surface area contributed by atoms with Crippen molar-refractivity contribution in [2.75, 3.05) is 13.1 Å². The summed E-state index contributed by atoms with van der Waals surface area (Å²) >= 11 is 1.31. The molecule has 2 amide bonds. The van der Waals surface area contributed by atoms with Gasteiger partial charge in [-0.2, -0.15) is 0 Å². The zero-order chi connectivity index (χ0) is 15.0. The molecule has 8 heteroatoms. The number of amides is 2. The molecule has 1 unspecified atom stereocenters. The molecular formula is C12H16N2O5S. The Morgan fingerprint density at radius 2 is 2.00 bits per heavy atom. The van der Waals surface area contributed by atoms with E-state index in [1.54, 1.807) is 17.5 Å². The van der Waals surface area contributed by atoms with Crippen LogP contribution in [0.4, 0.5) is 0 Å². The number of carboxylic acids is 1. The fraction of sp³-hybridized carbons (Fsp3) is 0.417. The topological polar surface area (TPSA) is 116 Å². The SMILES string of the molecule is O=C(CCNC(=O)c1cccs1)NCCC(O)C(=O)O. The van der Waals surface area contributed by atoms with Gasteiger partial charge in [-0.15, -0.1) is 11.3 Å². The van der Waals surface area contributed by atoms with Gasteiger partial charge in [0, 0.05) is 25.9 Å². The molecule has 0 radical (unpaired) electrons. The van der Waals surface area contributed by atoms with Crippen LogP contribution in [-0.4, -0.2) is 47.2 Å². The van der Waals surface area contributed by atoms with Crippen molar-refractivity contribution in [1.29, 1.82) is 0 Å². The first-order valence-corrected chi connectivity index (χ1v) is 6.88. The number of aliphatic carboxylic acids is 1. The molecule has 0 bridgehead atoms. The molecule has 4 N–H and O–H groups in total. The molecule has 7 nitrogen and oxygen atoms in total. The Hall–Kier alpha value is -1.93. The third-order valence-corrected chi connectivity index (χ3v) is 3.28. The molecular weight excluding hydrogens is 284 g/mol. The van der Waals surface area contributed by atoms with Gasteiger partial charge in [0.05, 0.1) is 4.88 Å². The average molecular weight is 300 g/mol. The second-order valence-corrected chi connectivity index (χ2v) is 4.92. The Balaban J connectivity index is 2.11. The van der Waals surface area contributed by atoms with E-state index in [-0.39, 0.29) is 37.7 Å². The molecule has 0 saturated carbocycles. The summed E-state index contributed by atoms with van der Waals surface area (Å²) in [5.41, 5.74) is 0. The van der Waals surface area contributed by atoms with Gasteiger partial charge in [-0.1, -0.05) is 6.07 Å². The zero-order valence-corrected chi connectivity index (χ0v) is 11.5. The third kappa shape index (κ3) is 5.81. The van der Waals surface area contributed by atoms with Crippen LogP contribution in [0.1, 0.15) is 22.5 Å². The van der Waals surface area contributed by atoms with E-state index in [4.69, 9.17) is 10.2 Å². The number of nitrogens with one attached hydrogen (secondary N) is 2. The molecule has 20 heavy (non-hydrogen) atoms. The van der Waals surface area contributed by atoms with Gasteiger partial charge in [-0.3, -0.25) is 9.59 Å². The van der Waals surface area contributed by atoms with Crippen LogP contribution < -0.4 is 10.6 Å². The Kier molecular flexibility index (Phi) is 6.68. The van der Waals surface area contributed by atoms with Gasteiger partial charge >= 0.3 is 5.97 Å². The number of aliphatic hydroxyl groups excluding tert-OH is 1. The minimum atomic E-state index is -1.48. The molecule has 1 heterocycles. The van der Waals surface area contributed by atoms with Crippen LogP contribution in [0, 0.1) is 0 Å². The first kappa shape index (κ1) is 16.1. The van der Waals surface area contributed by atoms with Gasteiger partial charge in [-0.25, -0.2) is 4.79 Å². The Bertz CT molecular complexity index is 460. The van der Waals surface area contributed by atoms with Gasteiger partial charge < -0.3 is 20.8 Å². The summed E-state index contributed by atoms with van der Waals surface area (Å²) in [4.78, 5) is 33.8. The predicted octanol–water partition coefficient (Wildman–Crippen LogP) is -0.180. The molecule has 1 aromatic heterocycles. The normalized spacial score (nSPS) is 11.7. The first-order chi connectivity index (χ1) is 9.50. The van der Waals surface area contributed by atoms with Gasteiger partial charge in [-0.05, 0) is 11.4 Å². The van der Waals surface area contributed by atoms with E-state index in [0.717, 1.165) is 0 Å². The lowest BCUT2D eigenvalue weighted by Gasteiger charge is -2.07. The van der Waals surface area contributed by atoms with Crippen molar-refractivity contribution in [3.8, 4) is 0 Å². The summed E-state index contributed by atoms with van der Waals surface area (Å²) < 4.78 is 0. The van der Waals surface area contributed by atoms with Crippen molar-refractivity contribution in [2.24, 2.45) is 0 Å². The Morgan fingerprint density at radius 3 is 2.60 bits per heavy atom. The molecule has 0 aliphatic rings. The highest BCUT2D eigenvalue weighted by Gasteiger charge is 2.13. The monoisotopic (exact) mass is 300 g/mol. The van der Waals surface area contributed by atoms with Crippen LogP contribution in [-0.2, 0) is 9.59 Å². The number of hydrogen-bond acceptors (Lipinski definition) is 5. The maximum Gasteiger partial charge on any atom is 0.332 e. The van der Waals surface area contributed by atoms with Crippen LogP contribution in [0.3, 0.4) is 0 Å². The molecule has 1 rings (SSSR count). The van der Waals surface area contributed by atoms with Crippen molar-refractivity contribution in [1.82, 2.24) is 10.6 Å². The highest BCUT2D eigenvalue weighted by Crippen LogP contribution is 2.07. The van der Waals surface area contributed by atoms with Crippen molar-refractivity contribution in [3.63, 3.8) is 0 Å². The fourth-order valence-corrected chi connectivity index (χ4v) is 1.98.